The molecule has 120 valence electrons. The molecule has 2 aromatic rings. The third-order valence-corrected chi connectivity index (χ3v) is 3.56. The van der Waals surface area contributed by atoms with E-state index in [0.29, 0.717) is 28.4 Å². The molecule has 0 aromatic heterocycles. The summed E-state index contributed by atoms with van der Waals surface area (Å²) in [6.45, 7) is 1.85. The van der Waals surface area contributed by atoms with E-state index in [4.69, 9.17) is 23.2 Å². The van der Waals surface area contributed by atoms with Crippen LogP contribution in [0.1, 0.15) is 18.9 Å². The third kappa shape index (κ3) is 4.12. The van der Waals surface area contributed by atoms with Crippen molar-refractivity contribution < 1.29 is 10.0 Å². The van der Waals surface area contributed by atoms with Gasteiger partial charge in [-0.2, -0.15) is 5.10 Å². The highest BCUT2D eigenvalue weighted by Crippen LogP contribution is 2.32. The van der Waals surface area contributed by atoms with Gasteiger partial charge in [0.15, 0.2) is 0 Å². The first-order valence-corrected chi connectivity index (χ1v) is 7.43. The van der Waals surface area contributed by atoms with Crippen LogP contribution in [-0.4, -0.2) is 15.7 Å². The number of hydrogen-bond donors (Lipinski definition) is 2. The molecule has 23 heavy (non-hydrogen) atoms. The number of rotatable bonds is 5. The number of nitrogens with one attached hydrogen (secondary N) is 1. The summed E-state index contributed by atoms with van der Waals surface area (Å²) < 4.78 is 0. The van der Waals surface area contributed by atoms with Crippen molar-refractivity contribution in [2.75, 3.05) is 5.43 Å². The summed E-state index contributed by atoms with van der Waals surface area (Å²) in [5, 5.41) is 25.5. The Kier molecular flexibility index (Phi) is 5.41. The Bertz CT molecular complexity index is 779. The van der Waals surface area contributed by atoms with Crippen LogP contribution in [0.15, 0.2) is 41.5 Å². The quantitative estimate of drug-likeness (QED) is 0.457. The molecule has 8 heteroatoms. The maximum absolute atomic E-state index is 10.8. The van der Waals surface area contributed by atoms with Gasteiger partial charge in [0.05, 0.1) is 21.3 Å². The number of hydrogen-bond acceptors (Lipinski definition) is 5. The maximum atomic E-state index is 10.8. The second kappa shape index (κ2) is 7.30. The van der Waals surface area contributed by atoms with Crippen molar-refractivity contribution in [1.29, 1.82) is 0 Å². The summed E-state index contributed by atoms with van der Waals surface area (Å²) in [6, 6.07) is 8.94. The Morgan fingerprint density at radius 2 is 2.09 bits per heavy atom. The van der Waals surface area contributed by atoms with Gasteiger partial charge in [-0.3, -0.25) is 15.5 Å². The number of nitro groups is 1. The fraction of sp³-hybridized carbons (Fsp3) is 0.133. The van der Waals surface area contributed by atoms with Crippen molar-refractivity contribution in [3.63, 3.8) is 0 Å². The Hall–Kier alpha value is -2.31. The zero-order valence-corrected chi connectivity index (χ0v) is 13.6. The van der Waals surface area contributed by atoms with Crippen molar-refractivity contribution in [3.05, 3.63) is 62.1 Å². The van der Waals surface area contributed by atoms with Crippen molar-refractivity contribution in [1.82, 2.24) is 0 Å². The molecule has 2 N–H and O–H groups in total. The molecule has 0 amide bonds. The van der Waals surface area contributed by atoms with Crippen LogP contribution >= 0.6 is 23.2 Å². The molecule has 2 aromatic carbocycles. The van der Waals surface area contributed by atoms with Crippen LogP contribution in [0.3, 0.4) is 0 Å². The van der Waals surface area contributed by atoms with Gasteiger partial charge in [0.1, 0.15) is 5.75 Å². The van der Waals surface area contributed by atoms with Crippen LogP contribution in [0.25, 0.3) is 0 Å². The lowest BCUT2D eigenvalue weighted by Gasteiger charge is -2.10. The highest BCUT2D eigenvalue weighted by atomic mass is 35.5. The van der Waals surface area contributed by atoms with E-state index in [0.717, 1.165) is 0 Å². The van der Waals surface area contributed by atoms with E-state index >= 15 is 0 Å². The molecule has 0 fully saturated rings. The molecular weight excluding hydrogens is 341 g/mol. The lowest BCUT2D eigenvalue weighted by molar-refractivity contribution is -0.384. The highest BCUT2D eigenvalue weighted by molar-refractivity contribution is 6.36. The van der Waals surface area contributed by atoms with E-state index in [1.54, 1.807) is 18.2 Å². The minimum atomic E-state index is -0.488. The molecule has 0 aliphatic heterocycles. The predicted molar refractivity (Wildman–Crippen MR) is 91.7 cm³/mol. The Balaban J connectivity index is 2.33. The molecule has 0 aliphatic carbocycles. The molecule has 0 spiro atoms. The number of nitrogens with zero attached hydrogens (tertiary/aromatic N) is 2. The number of phenolic OH excluding ortho intramolecular Hbond substituents is 1. The normalized spacial score (nSPS) is 11.3. The SMILES string of the molecule is CCC(=NNc1cccc([N+](=O)[O-])c1)c1cc(Cl)cc(Cl)c1O. The number of non-ortho nitro benzene ring substituents is 1. The lowest BCUT2D eigenvalue weighted by Crippen LogP contribution is -2.04. The van der Waals surface area contributed by atoms with Crippen LogP contribution in [0.4, 0.5) is 11.4 Å². The molecule has 0 heterocycles. The van der Waals surface area contributed by atoms with Crippen LogP contribution in [0, 0.1) is 10.1 Å². The van der Waals surface area contributed by atoms with Crippen molar-refractivity contribution in [3.8, 4) is 5.75 Å². The zero-order chi connectivity index (χ0) is 17.0. The highest BCUT2D eigenvalue weighted by Gasteiger charge is 2.13. The number of halogens is 2. The average molecular weight is 354 g/mol. The Morgan fingerprint density at radius 1 is 1.35 bits per heavy atom. The van der Waals surface area contributed by atoms with Crippen LogP contribution in [0.5, 0.6) is 5.75 Å². The summed E-state index contributed by atoms with van der Waals surface area (Å²) in [5.41, 5.74) is 4.07. The Morgan fingerprint density at radius 3 is 2.74 bits per heavy atom. The van der Waals surface area contributed by atoms with Gasteiger partial charge in [0.2, 0.25) is 0 Å². The third-order valence-electron chi connectivity index (χ3n) is 3.05. The van der Waals surface area contributed by atoms with E-state index in [-0.39, 0.29) is 16.5 Å². The zero-order valence-electron chi connectivity index (χ0n) is 12.1. The maximum Gasteiger partial charge on any atom is 0.271 e. The van der Waals surface area contributed by atoms with E-state index in [2.05, 4.69) is 10.5 Å². The molecule has 0 radical (unpaired) electrons. The summed E-state index contributed by atoms with van der Waals surface area (Å²) >= 11 is 11.9. The van der Waals surface area contributed by atoms with E-state index in [9.17, 15) is 15.2 Å². The van der Waals surface area contributed by atoms with Gasteiger partial charge >= 0.3 is 0 Å². The molecule has 0 saturated heterocycles. The number of hydrazone groups is 1. The standard InChI is InChI=1S/C15H13Cl2N3O3/c1-2-14(12-6-9(16)7-13(17)15(12)21)19-18-10-4-3-5-11(8-10)20(22)23/h3-8,18,21H,2H2,1H3. The van der Waals surface area contributed by atoms with E-state index in [1.807, 2.05) is 6.92 Å². The molecular formula is C15H13Cl2N3O3. The minimum absolute atomic E-state index is 0.0445. The van der Waals surface area contributed by atoms with Crippen LogP contribution in [-0.2, 0) is 0 Å². The number of phenols is 1. The molecule has 0 saturated carbocycles. The van der Waals surface area contributed by atoms with Crippen molar-refractivity contribution >= 4 is 40.3 Å². The van der Waals surface area contributed by atoms with Gasteiger partial charge in [-0.05, 0) is 24.6 Å². The van der Waals surface area contributed by atoms with Gasteiger partial charge < -0.3 is 5.11 Å². The summed E-state index contributed by atoms with van der Waals surface area (Å²) in [6.07, 6.45) is 0.492. The summed E-state index contributed by atoms with van der Waals surface area (Å²) in [5.74, 6) is -0.113. The fourth-order valence-electron chi connectivity index (χ4n) is 1.94. The first-order valence-electron chi connectivity index (χ1n) is 6.67. The van der Waals surface area contributed by atoms with Gasteiger partial charge in [-0.1, -0.05) is 36.2 Å². The van der Waals surface area contributed by atoms with Crippen LogP contribution in [0.2, 0.25) is 10.0 Å². The number of nitro benzene ring substituents is 1. The largest absolute Gasteiger partial charge is 0.506 e. The van der Waals surface area contributed by atoms with E-state index in [1.165, 1.54) is 18.2 Å². The molecule has 2 rings (SSSR count). The summed E-state index contributed by atoms with van der Waals surface area (Å²) in [7, 11) is 0. The summed E-state index contributed by atoms with van der Waals surface area (Å²) in [4.78, 5) is 10.3. The topological polar surface area (TPSA) is 87.8 Å². The average Bonchev–Trinajstić information content (AvgIpc) is 2.52. The monoisotopic (exact) mass is 353 g/mol. The molecule has 0 aliphatic rings. The Labute approximate surface area is 142 Å². The van der Waals surface area contributed by atoms with Crippen LogP contribution < -0.4 is 5.43 Å². The second-order valence-electron chi connectivity index (χ2n) is 4.62. The fourth-order valence-corrected chi connectivity index (χ4v) is 2.43. The molecule has 0 unspecified atom stereocenters. The minimum Gasteiger partial charge on any atom is -0.506 e. The van der Waals surface area contributed by atoms with Gasteiger partial charge in [-0.15, -0.1) is 0 Å². The predicted octanol–water partition coefficient (Wildman–Crippen LogP) is 4.83. The molecule has 0 atom stereocenters. The molecule has 6 nitrogen and oxygen atoms in total. The van der Waals surface area contributed by atoms with Crippen molar-refractivity contribution in [2.45, 2.75) is 13.3 Å². The second-order valence-corrected chi connectivity index (χ2v) is 5.46. The number of benzene rings is 2. The smallest absolute Gasteiger partial charge is 0.271 e. The first-order chi connectivity index (χ1) is 10.9. The van der Waals surface area contributed by atoms with Gasteiger partial charge in [0.25, 0.3) is 5.69 Å². The first kappa shape index (κ1) is 17.1. The number of aromatic hydroxyl groups is 1. The van der Waals surface area contributed by atoms with Gasteiger partial charge in [-0.25, -0.2) is 0 Å². The number of anilines is 1. The molecule has 0 bridgehead atoms. The lowest BCUT2D eigenvalue weighted by atomic mass is 10.1. The van der Waals surface area contributed by atoms with Crippen molar-refractivity contribution in [2.24, 2.45) is 5.10 Å². The van der Waals surface area contributed by atoms with Gasteiger partial charge in [0, 0.05) is 22.7 Å². The van der Waals surface area contributed by atoms with E-state index < -0.39 is 4.92 Å².